The summed E-state index contributed by atoms with van der Waals surface area (Å²) in [6, 6.07) is 11.1. The van der Waals surface area contributed by atoms with Crippen molar-refractivity contribution in [3.63, 3.8) is 0 Å². The summed E-state index contributed by atoms with van der Waals surface area (Å²) >= 11 is 0. The lowest BCUT2D eigenvalue weighted by atomic mass is 10.1. The van der Waals surface area contributed by atoms with Crippen LogP contribution in [0.15, 0.2) is 48.8 Å². The predicted octanol–water partition coefficient (Wildman–Crippen LogP) is 3.11. The van der Waals surface area contributed by atoms with Crippen LogP contribution in [0.1, 0.15) is 17.3 Å². The Balaban J connectivity index is 1.76. The highest BCUT2D eigenvalue weighted by molar-refractivity contribution is 6.12. The van der Waals surface area contributed by atoms with Crippen molar-refractivity contribution in [2.45, 2.75) is 13.5 Å². The molecule has 0 unspecified atom stereocenters. The number of methoxy groups -OCH3 is 1. The van der Waals surface area contributed by atoms with Crippen LogP contribution in [0, 0.1) is 0 Å². The highest BCUT2D eigenvalue weighted by Gasteiger charge is 2.17. The summed E-state index contributed by atoms with van der Waals surface area (Å²) in [5.74, 6) is 1.01. The maximum atomic E-state index is 13.0. The van der Waals surface area contributed by atoms with E-state index in [0.717, 1.165) is 17.9 Å². The summed E-state index contributed by atoms with van der Waals surface area (Å²) in [7, 11) is 3.43. The highest BCUT2D eigenvalue weighted by atomic mass is 16.5. The molecule has 4 aromatic rings. The molecule has 0 spiro atoms. The zero-order chi connectivity index (χ0) is 19.7. The van der Waals surface area contributed by atoms with E-state index < -0.39 is 0 Å². The van der Waals surface area contributed by atoms with Crippen molar-refractivity contribution in [1.82, 2.24) is 24.5 Å². The Morgan fingerprint density at radius 2 is 2.00 bits per heavy atom. The third-order valence-corrected chi connectivity index (χ3v) is 4.54. The third kappa shape index (κ3) is 3.20. The minimum atomic E-state index is -0.253. The van der Waals surface area contributed by atoms with Gasteiger partial charge in [0.15, 0.2) is 11.5 Å². The van der Waals surface area contributed by atoms with Crippen LogP contribution in [0.25, 0.3) is 22.3 Å². The van der Waals surface area contributed by atoms with Gasteiger partial charge in [-0.1, -0.05) is 0 Å². The van der Waals surface area contributed by atoms with E-state index in [9.17, 15) is 4.79 Å². The largest absolute Gasteiger partial charge is 0.497 e. The summed E-state index contributed by atoms with van der Waals surface area (Å²) in [5.41, 5.74) is 2.70. The average molecular weight is 376 g/mol. The van der Waals surface area contributed by atoms with Crippen LogP contribution in [0.3, 0.4) is 0 Å². The molecular formula is C20H20N6O2. The van der Waals surface area contributed by atoms with Crippen molar-refractivity contribution in [2.24, 2.45) is 7.05 Å². The monoisotopic (exact) mass is 376 g/mol. The summed E-state index contributed by atoms with van der Waals surface area (Å²) in [6.07, 6.45) is 3.48. The van der Waals surface area contributed by atoms with Gasteiger partial charge in [0, 0.05) is 31.4 Å². The van der Waals surface area contributed by atoms with E-state index in [4.69, 9.17) is 4.74 Å². The number of amides is 1. The Bertz CT molecular complexity index is 1140. The van der Waals surface area contributed by atoms with Crippen molar-refractivity contribution in [3.05, 3.63) is 54.4 Å². The number of benzene rings is 1. The number of fused-ring (bicyclic) bond motifs is 1. The van der Waals surface area contributed by atoms with E-state index >= 15 is 0 Å². The summed E-state index contributed by atoms with van der Waals surface area (Å²) in [5, 5.41) is 12.1. The van der Waals surface area contributed by atoms with Crippen molar-refractivity contribution in [3.8, 4) is 17.0 Å². The van der Waals surface area contributed by atoms with Gasteiger partial charge in [-0.05, 0) is 37.3 Å². The molecule has 0 atom stereocenters. The molecule has 0 saturated heterocycles. The molecule has 8 nitrogen and oxygen atoms in total. The number of nitrogens with zero attached hydrogens (tertiary/aromatic N) is 5. The summed E-state index contributed by atoms with van der Waals surface area (Å²) in [6.45, 7) is 2.72. The summed E-state index contributed by atoms with van der Waals surface area (Å²) in [4.78, 5) is 17.7. The van der Waals surface area contributed by atoms with Crippen LogP contribution in [0.5, 0.6) is 5.75 Å². The maximum Gasteiger partial charge on any atom is 0.257 e. The highest BCUT2D eigenvalue weighted by Crippen LogP contribution is 2.26. The molecule has 0 aliphatic rings. The molecule has 0 bridgehead atoms. The number of ether oxygens (including phenoxy) is 1. The van der Waals surface area contributed by atoms with E-state index in [1.807, 2.05) is 37.4 Å². The molecule has 0 saturated carbocycles. The lowest BCUT2D eigenvalue weighted by Gasteiger charge is -2.08. The van der Waals surface area contributed by atoms with E-state index in [1.165, 1.54) is 0 Å². The molecular weight excluding hydrogens is 356 g/mol. The number of anilines is 1. The molecule has 0 aliphatic heterocycles. The standard InChI is InChI=1S/C20H20N6O2/c1-4-26-10-9-18(24-26)23-20(27)15-11-17(13-5-7-14(28-3)8-6-13)22-19-16(15)12-21-25(19)2/h5-12H,4H2,1-3H3,(H,23,24,27). The molecule has 8 heteroatoms. The zero-order valence-electron chi connectivity index (χ0n) is 15.9. The molecule has 0 aliphatic carbocycles. The van der Waals surface area contributed by atoms with Crippen molar-refractivity contribution in [2.75, 3.05) is 12.4 Å². The molecule has 3 heterocycles. The Morgan fingerprint density at radius 1 is 1.21 bits per heavy atom. The van der Waals surface area contributed by atoms with Gasteiger partial charge in [0.05, 0.1) is 30.0 Å². The Labute approximate surface area is 161 Å². The maximum absolute atomic E-state index is 13.0. The number of nitrogens with one attached hydrogen (secondary N) is 1. The molecule has 142 valence electrons. The fourth-order valence-corrected chi connectivity index (χ4v) is 3.00. The zero-order valence-corrected chi connectivity index (χ0v) is 15.9. The van der Waals surface area contributed by atoms with E-state index in [0.29, 0.717) is 28.1 Å². The van der Waals surface area contributed by atoms with E-state index in [-0.39, 0.29) is 5.91 Å². The Morgan fingerprint density at radius 3 is 2.68 bits per heavy atom. The predicted molar refractivity (Wildman–Crippen MR) is 106 cm³/mol. The number of carbonyl (C=O) groups excluding carboxylic acids is 1. The van der Waals surface area contributed by atoms with Crippen LogP contribution >= 0.6 is 0 Å². The second-order valence-corrected chi connectivity index (χ2v) is 6.30. The first-order chi connectivity index (χ1) is 13.6. The van der Waals surface area contributed by atoms with Gasteiger partial charge >= 0.3 is 0 Å². The second kappa shape index (κ2) is 7.15. The van der Waals surface area contributed by atoms with Crippen LogP contribution in [-0.2, 0) is 13.6 Å². The molecule has 1 aromatic carbocycles. The van der Waals surface area contributed by atoms with E-state index in [1.54, 1.807) is 41.9 Å². The topological polar surface area (TPSA) is 86.9 Å². The van der Waals surface area contributed by atoms with Gasteiger partial charge in [0.25, 0.3) is 5.91 Å². The van der Waals surface area contributed by atoms with Crippen molar-refractivity contribution in [1.29, 1.82) is 0 Å². The van der Waals surface area contributed by atoms with Gasteiger partial charge in [-0.3, -0.25) is 14.2 Å². The lowest BCUT2D eigenvalue weighted by molar-refractivity contribution is 0.102. The number of hydrogen-bond acceptors (Lipinski definition) is 5. The quantitative estimate of drug-likeness (QED) is 0.578. The van der Waals surface area contributed by atoms with Crippen LogP contribution in [0.2, 0.25) is 0 Å². The number of aromatic nitrogens is 5. The molecule has 1 N–H and O–H groups in total. The smallest absolute Gasteiger partial charge is 0.257 e. The first kappa shape index (κ1) is 17.7. The minimum Gasteiger partial charge on any atom is -0.497 e. The SMILES string of the molecule is CCn1ccc(NC(=O)c2cc(-c3ccc(OC)cc3)nc3c2cnn3C)n1. The van der Waals surface area contributed by atoms with Gasteiger partial charge in [-0.15, -0.1) is 0 Å². The molecule has 0 fully saturated rings. The molecule has 4 rings (SSSR count). The number of pyridine rings is 1. The molecule has 0 radical (unpaired) electrons. The van der Waals surface area contributed by atoms with Crippen molar-refractivity contribution < 1.29 is 9.53 Å². The van der Waals surface area contributed by atoms with Gasteiger partial charge in [-0.25, -0.2) is 4.98 Å². The lowest BCUT2D eigenvalue weighted by Crippen LogP contribution is -2.14. The Hall–Kier alpha value is -3.68. The average Bonchev–Trinajstić information content (AvgIpc) is 3.34. The Kier molecular flexibility index (Phi) is 4.52. The fraction of sp³-hybridized carbons (Fsp3) is 0.200. The normalized spacial score (nSPS) is 11.0. The number of carbonyl (C=O) groups is 1. The van der Waals surface area contributed by atoms with Gasteiger partial charge in [0.1, 0.15) is 5.75 Å². The third-order valence-electron chi connectivity index (χ3n) is 4.54. The van der Waals surface area contributed by atoms with Crippen LogP contribution < -0.4 is 10.1 Å². The van der Waals surface area contributed by atoms with Crippen LogP contribution in [-0.4, -0.2) is 37.6 Å². The van der Waals surface area contributed by atoms with E-state index in [2.05, 4.69) is 20.5 Å². The van der Waals surface area contributed by atoms with Crippen LogP contribution in [0.4, 0.5) is 5.82 Å². The number of hydrogen-bond donors (Lipinski definition) is 1. The van der Waals surface area contributed by atoms with Gasteiger partial charge < -0.3 is 10.1 Å². The minimum absolute atomic E-state index is 0.253. The number of aryl methyl sites for hydroxylation is 2. The molecule has 3 aromatic heterocycles. The fourth-order valence-electron chi connectivity index (χ4n) is 3.00. The van der Waals surface area contributed by atoms with Gasteiger partial charge in [-0.2, -0.15) is 10.2 Å². The summed E-state index contributed by atoms with van der Waals surface area (Å²) < 4.78 is 8.63. The number of rotatable bonds is 5. The first-order valence-electron chi connectivity index (χ1n) is 8.91. The molecule has 28 heavy (non-hydrogen) atoms. The second-order valence-electron chi connectivity index (χ2n) is 6.30. The van der Waals surface area contributed by atoms with Crippen molar-refractivity contribution >= 4 is 22.8 Å². The molecule has 1 amide bonds. The first-order valence-corrected chi connectivity index (χ1v) is 8.91. The van der Waals surface area contributed by atoms with Gasteiger partial charge in [0.2, 0.25) is 0 Å².